The number of aromatic hydroxyl groups is 1. The van der Waals surface area contributed by atoms with Crippen LogP contribution in [0.25, 0.3) is 6.08 Å². The van der Waals surface area contributed by atoms with Gasteiger partial charge in [-0.25, -0.2) is 18.6 Å². The molecular formula is C19H20ClNO5. The molecule has 3 rings (SSSR count). The molecule has 0 saturated heterocycles. The lowest BCUT2D eigenvalue weighted by Gasteiger charge is -2.17. The number of para-hydroxylation sites is 2. The summed E-state index contributed by atoms with van der Waals surface area (Å²) in [5, 5.41) is 9.88. The van der Waals surface area contributed by atoms with Crippen LogP contribution in [0.1, 0.15) is 25.0 Å². The van der Waals surface area contributed by atoms with Crippen molar-refractivity contribution in [1.29, 1.82) is 0 Å². The van der Waals surface area contributed by atoms with E-state index < -0.39 is 10.2 Å². The molecule has 2 aromatic rings. The highest BCUT2D eigenvalue weighted by Crippen LogP contribution is 2.39. The van der Waals surface area contributed by atoms with Gasteiger partial charge in [0.25, 0.3) is 0 Å². The molecule has 0 amide bonds. The van der Waals surface area contributed by atoms with E-state index in [2.05, 4.69) is 55.8 Å². The van der Waals surface area contributed by atoms with Crippen molar-refractivity contribution in [3.05, 3.63) is 65.7 Å². The normalized spacial score (nSPS) is 15.7. The van der Waals surface area contributed by atoms with E-state index in [4.69, 9.17) is 18.6 Å². The van der Waals surface area contributed by atoms with Crippen molar-refractivity contribution in [3.63, 3.8) is 0 Å². The van der Waals surface area contributed by atoms with Crippen LogP contribution in [0.15, 0.2) is 54.6 Å². The maximum Gasteiger partial charge on any atom is 0.209 e. The van der Waals surface area contributed by atoms with Crippen molar-refractivity contribution in [3.8, 4) is 5.75 Å². The minimum atomic E-state index is -4.94. The van der Waals surface area contributed by atoms with Crippen LogP contribution in [0.2, 0.25) is 0 Å². The zero-order valence-corrected chi connectivity index (χ0v) is 15.4. The Kier molecular flexibility index (Phi) is 5.85. The minimum absolute atomic E-state index is 0.0355. The highest BCUT2D eigenvalue weighted by Gasteiger charge is 2.42. The Labute approximate surface area is 154 Å². The van der Waals surface area contributed by atoms with E-state index in [0.717, 1.165) is 5.56 Å². The van der Waals surface area contributed by atoms with E-state index in [9.17, 15) is 5.11 Å². The molecule has 0 aliphatic carbocycles. The molecule has 26 heavy (non-hydrogen) atoms. The molecule has 0 unspecified atom stereocenters. The summed E-state index contributed by atoms with van der Waals surface area (Å²) >= 11 is 0. The number of nitrogens with zero attached hydrogens (tertiary/aromatic N) is 1. The molecule has 0 saturated carbocycles. The monoisotopic (exact) mass is 377 g/mol. The molecule has 7 heteroatoms. The Morgan fingerprint density at radius 3 is 2.04 bits per heavy atom. The molecule has 0 atom stereocenters. The number of phenolic OH excluding ortho intramolecular Hbond substituents is 1. The third-order valence-corrected chi connectivity index (χ3v) is 4.30. The van der Waals surface area contributed by atoms with Gasteiger partial charge in [0, 0.05) is 23.3 Å². The minimum Gasteiger partial charge on any atom is -0.507 e. The molecule has 6 nitrogen and oxygen atoms in total. The summed E-state index contributed by atoms with van der Waals surface area (Å²) in [6.07, 6.45) is 4.09. The maximum absolute atomic E-state index is 9.88. The molecule has 138 valence electrons. The van der Waals surface area contributed by atoms with Crippen LogP contribution < -0.4 is 18.6 Å². The number of halogens is 1. The third-order valence-electron chi connectivity index (χ3n) is 4.30. The number of allylic oxidation sites excluding steroid dienone is 1. The van der Waals surface area contributed by atoms with Crippen molar-refractivity contribution >= 4 is 17.5 Å². The quantitative estimate of drug-likeness (QED) is 0.698. The van der Waals surface area contributed by atoms with Gasteiger partial charge >= 0.3 is 0 Å². The predicted molar refractivity (Wildman–Crippen MR) is 87.5 cm³/mol. The topological polar surface area (TPSA) is 115 Å². The molecule has 1 heterocycles. The number of hydrogen-bond donors (Lipinski definition) is 1. The Hall–Kier alpha value is -2.22. The van der Waals surface area contributed by atoms with Gasteiger partial charge < -0.3 is 5.11 Å². The van der Waals surface area contributed by atoms with Gasteiger partial charge in [-0.2, -0.15) is 4.58 Å². The molecule has 0 bridgehead atoms. The average molecular weight is 378 g/mol. The van der Waals surface area contributed by atoms with Crippen LogP contribution in [-0.4, -0.2) is 22.4 Å². The first-order chi connectivity index (χ1) is 12.0. The Morgan fingerprint density at radius 1 is 0.923 bits per heavy atom. The van der Waals surface area contributed by atoms with Crippen LogP contribution in [-0.2, 0) is 5.41 Å². The van der Waals surface area contributed by atoms with Gasteiger partial charge in [0.2, 0.25) is 5.69 Å². The summed E-state index contributed by atoms with van der Waals surface area (Å²) in [5.74, 6) is 0.310. The van der Waals surface area contributed by atoms with Crippen molar-refractivity contribution in [1.82, 2.24) is 0 Å². The lowest BCUT2D eigenvalue weighted by Crippen LogP contribution is -2.68. The van der Waals surface area contributed by atoms with Crippen LogP contribution in [0.4, 0.5) is 5.69 Å². The summed E-state index contributed by atoms with van der Waals surface area (Å²) in [7, 11) is -2.85. The predicted octanol–water partition coefficient (Wildman–Crippen LogP) is -0.644. The number of rotatable bonds is 2. The fraction of sp³-hybridized carbons (Fsp3) is 0.211. The largest absolute Gasteiger partial charge is 0.507 e. The number of benzene rings is 2. The summed E-state index contributed by atoms with van der Waals surface area (Å²) < 4.78 is 36.2. The van der Waals surface area contributed by atoms with Crippen LogP contribution in [0.3, 0.4) is 0 Å². The molecule has 1 aliphatic rings. The second kappa shape index (κ2) is 7.57. The Balaban J connectivity index is 0.000000431. The summed E-state index contributed by atoms with van der Waals surface area (Å²) in [6.45, 7) is 4.47. The highest BCUT2D eigenvalue weighted by molar-refractivity contribution is 6.05. The van der Waals surface area contributed by atoms with Crippen LogP contribution in [0.5, 0.6) is 5.75 Å². The molecule has 1 aliphatic heterocycles. The SMILES string of the molecule is C[N+]1=C(/C=C/c2ccccc2O)C(C)(C)c2ccccc21.[O-][Cl+3]([O-])([O-])[O-]. The van der Waals surface area contributed by atoms with Crippen molar-refractivity contribution in [2.24, 2.45) is 0 Å². The van der Waals surface area contributed by atoms with Gasteiger partial charge in [-0.1, -0.05) is 36.4 Å². The van der Waals surface area contributed by atoms with Crippen LogP contribution in [0, 0.1) is 10.2 Å². The van der Waals surface area contributed by atoms with Crippen molar-refractivity contribution < 1.29 is 38.6 Å². The van der Waals surface area contributed by atoms with Gasteiger partial charge in [-0.05, 0) is 26.0 Å². The van der Waals surface area contributed by atoms with E-state index in [1.807, 2.05) is 24.3 Å². The molecule has 2 aromatic carbocycles. The Morgan fingerprint density at radius 2 is 1.46 bits per heavy atom. The zero-order chi connectivity index (χ0) is 19.5. The van der Waals surface area contributed by atoms with E-state index in [0.29, 0.717) is 5.75 Å². The smallest absolute Gasteiger partial charge is 0.209 e. The first kappa shape index (κ1) is 20.1. The zero-order valence-electron chi connectivity index (χ0n) is 14.7. The maximum atomic E-state index is 9.88. The molecule has 0 fully saturated rings. The van der Waals surface area contributed by atoms with Gasteiger partial charge in [-0.3, -0.25) is 0 Å². The molecule has 0 aromatic heterocycles. The second-order valence-electron chi connectivity index (χ2n) is 6.36. The Bertz CT molecular complexity index is 847. The highest BCUT2D eigenvalue weighted by atomic mass is 35.7. The fourth-order valence-electron chi connectivity index (χ4n) is 3.10. The second-order valence-corrected chi connectivity index (χ2v) is 7.11. The number of hydrogen-bond acceptors (Lipinski definition) is 5. The van der Waals surface area contributed by atoms with Crippen molar-refractivity contribution in [2.45, 2.75) is 19.3 Å². The lowest BCUT2D eigenvalue weighted by atomic mass is 9.81. The van der Waals surface area contributed by atoms with Crippen LogP contribution >= 0.6 is 0 Å². The van der Waals surface area contributed by atoms with E-state index in [1.54, 1.807) is 6.07 Å². The molecule has 0 spiro atoms. The standard InChI is InChI=1S/C19H19NO.ClHO4/c1-19(2)15-9-5-6-10-16(15)20(3)18(19)13-12-14-8-4-7-11-17(14)21;2-1(3,4)5/h4-13H,1-3H3;(H,2,3,4,5). The van der Waals surface area contributed by atoms with E-state index in [1.165, 1.54) is 17.0 Å². The fourth-order valence-corrected chi connectivity index (χ4v) is 3.10. The van der Waals surface area contributed by atoms with Gasteiger partial charge in [-0.15, -0.1) is 10.2 Å². The summed E-state index contributed by atoms with van der Waals surface area (Å²) in [5.41, 5.74) is 4.62. The first-order valence-corrected chi connectivity index (χ1v) is 9.04. The van der Waals surface area contributed by atoms with Gasteiger partial charge in [0.1, 0.15) is 12.8 Å². The van der Waals surface area contributed by atoms with Crippen molar-refractivity contribution in [2.75, 3.05) is 7.05 Å². The lowest BCUT2D eigenvalue weighted by molar-refractivity contribution is -2.00. The average Bonchev–Trinajstić information content (AvgIpc) is 2.73. The van der Waals surface area contributed by atoms with E-state index >= 15 is 0 Å². The van der Waals surface area contributed by atoms with Gasteiger partial charge in [0.15, 0.2) is 5.71 Å². The molecular weight excluding hydrogens is 358 g/mol. The third kappa shape index (κ3) is 4.69. The number of phenols is 1. The summed E-state index contributed by atoms with van der Waals surface area (Å²) in [6, 6.07) is 15.9. The molecule has 0 radical (unpaired) electrons. The first-order valence-electron chi connectivity index (χ1n) is 7.80. The summed E-state index contributed by atoms with van der Waals surface area (Å²) in [4.78, 5) is 0. The van der Waals surface area contributed by atoms with Gasteiger partial charge in [0.05, 0.1) is 5.41 Å². The molecule has 1 N–H and O–H groups in total. The van der Waals surface area contributed by atoms with E-state index in [-0.39, 0.29) is 5.41 Å². The number of fused-ring (bicyclic) bond motifs is 1.